The highest BCUT2D eigenvalue weighted by Crippen LogP contribution is 2.30. The van der Waals surface area contributed by atoms with E-state index in [4.69, 9.17) is 11.6 Å². The molecule has 200 valence electrons. The summed E-state index contributed by atoms with van der Waals surface area (Å²) in [6, 6.07) is 24.3. The predicted octanol–water partition coefficient (Wildman–Crippen LogP) is 5.55. The van der Waals surface area contributed by atoms with E-state index >= 15 is 0 Å². The SMILES string of the molecule is COC(=O)Nc1ccc(-c2cccnc2C(Cc2ccccc2)NC(=O)NS(=O)(=O)c2ccccc2Cl)cc1. The van der Waals surface area contributed by atoms with Crippen LogP contribution in [0.4, 0.5) is 15.3 Å². The average molecular weight is 565 g/mol. The topological polar surface area (TPSA) is 126 Å². The fraction of sp³-hybridized carbons (Fsp3) is 0.107. The minimum absolute atomic E-state index is 0.00390. The Balaban J connectivity index is 1.64. The predicted molar refractivity (Wildman–Crippen MR) is 149 cm³/mol. The molecule has 1 aromatic heterocycles. The Morgan fingerprint density at radius 3 is 2.31 bits per heavy atom. The number of carbonyl (C=O) groups excluding carboxylic acids is 2. The lowest BCUT2D eigenvalue weighted by molar-refractivity contribution is 0.187. The second-order valence-corrected chi connectivity index (χ2v) is 10.4. The Morgan fingerprint density at radius 2 is 1.62 bits per heavy atom. The molecule has 0 fully saturated rings. The lowest BCUT2D eigenvalue weighted by Crippen LogP contribution is -2.42. The maximum atomic E-state index is 13.0. The number of methoxy groups -OCH3 is 1. The van der Waals surface area contributed by atoms with E-state index < -0.39 is 28.2 Å². The van der Waals surface area contributed by atoms with Gasteiger partial charge in [-0.2, -0.15) is 0 Å². The summed E-state index contributed by atoms with van der Waals surface area (Å²) in [5.74, 6) is 0. The molecule has 9 nitrogen and oxygen atoms in total. The molecule has 0 bridgehead atoms. The van der Waals surface area contributed by atoms with Crippen molar-refractivity contribution in [1.82, 2.24) is 15.0 Å². The van der Waals surface area contributed by atoms with Gasteiger partial charge in [-0.05, 0) is 47.9 Å². The van der Waals surface area contributed by atoms with Crippen molar-refractivity contribution >= 4 is 39.4 Å². The fourth-order valence-electron chi connectivity index (χ4n) is 3.93. The zero-order valence-corrected chi connectivity index (χ0v) is 22.4. The van der Waals surface area contributed by atoms with Gasteiger partial charge in [0, 0.05) is 17.4 Å². The van der Waals surface area contributed by atoms with E-state index in [9.17, 15) is 18.0 Å². The number of urea groups is 1. The molecule has 0 spiro atoms. The standard InChI is InChI=1S/C28H25ClN4O5S/c1-38-28(35)31-21-15-13-20(14-16-21)22-10-7-17-30-26(22)24(18-19-8-3-2-4-9-19)32-27(34)33-39(36,37)25-12-6-5-11-23(25)29/h2-17,24H,18H2,1H3,(H,31,35)(H2,32,33,34). The molecule has 1 unspecified atom stereocenters. The normalized spacial score (nSPS) is 11.7. The van der Waals surface area contributed by atoms with Crippen LogP contribution < -0.4 is 15.4 Å². The highest BCUT2D eigenvalue weighted by molar-refractivity contribution is 7.90. The lowest BCUT2D eigenvalue weighted by Gasteiger charge is -2.22. The summed E-state index contributed by atoms with van der Waals surface area (Å²) in [5.41, 5.74) is 3.47. The summed E-state index contributed by atoms with van der Waals surface area (Å²) in [6.45, 7) is 0. The first-order valence-corrected chi connectivity index (χ1v) is 13.6. The highest BCUT2D eigenvalue weighted by atomic mass is 35.5. The first kappa shape index (κ1) is 27.6. The summed E-state index contributed by atoms with van der Waals surface area (Å²) in [7, 11) is -2.95. The Morgan fingerprint density at radius 1 is 0.923 bits per heavy atom. The van der Waals surface area contributed by atoms with Crippen LogP contribution in [0.25, 0.3) is 11.1 Å². The summed E-state index contributed by atoms with van der Waals surface area (Å²) < 4.78 is 32.4. The number of anilines is 1. The highest BCUT2D eigenvalue weighted by Gasteiger charge is 2.25. The van der Waals surface area contributed by atoms with Gasteiger partial charge in [0.1, 0.15) is 4.90 Å². The number of hydrogen-bond acceptors (Lipinski definition) is 6. The van der Waals surface area contributed by atoms with Gasteiger partial charge in [0.25, 0.3) is 10.0 Å². The smallest absolute Gasteiger partial charge is 0.411 e. The van der Waals surface area contributed by atoms with Crippen LogP contribution in [0.3, 0.4) is 0 Å². The van der Waals surface area contributed by atoms with Crippen molar-refractivity contribution in [2.24, 2.45) is 0 Å². The van der Waals surface area contributed by atoms with Gasteiger partial charge in [-0.3, -0.25) is 10.3 Å². The molecule has 4 aromatic rings. The lowest BCUT2D eigenvalue weighted by atomic mass is 9.95. The Bertz CT molecular complexity index is 1560. The number of ether oxygens (including phenoxy) is 1. The van der Waals surface area contributed by atoms with Crippen molar-refractivity contribution < 1.29 is 22.7 Å². The van der Waals surface area contributed by atoms with Crippen molar-refractivity contribution in [1.29, 1.82) is 0 Å². The van der Waals surface area contributed by atoms with Gasteiger partial charge in [0.05, 0.1) is 23.9 Å². The van der Waals surface area contributed by atoms with Crippen LogP contribution in [0.2, 0.25) is 5.02 Å². The second kappa shape index (κ2) is 12.4. The monoisotopic (exact) mass is 564 g/mol. The molecule has 4 rings (SSSR count). The number of carbonyl (C=O) groups is 2. The maximum Gasteiger partial charge on any atom is 0.411 e. The van der Waals surface area contributed by atoms with Crippen LogP contribution in [-0.4, -0.2) is 32.6 Å². The molecule has 0 aliphatic carbocycles. The first-order chi connectivity index (χ1) is 18.8. The van der Waals surface area contributed by atoms with E-state index in [-0.39, 0.29) is 9.92 Å². The Hall–Kier alpha value is -4.41. The number of halogens is 1. The van der Waals surface area contributed by atoms with E-state index in [1.807, 2.05) is 41.1 Å². The minimum Gasteiger partial charge on any atom is -0.453 e. The maximum absolute atomic E-state index is 13.0. The number of hydrogen-bond donors (Lipinski definition) is 3. The van der Waals surface area contributed by atoms with Gasteiger partial charge >= 0.3 is 12.1 Å². The third-order valence-corrected chi connectivity index (χ3v) is 7.57. The summed E-state index contributed by atoms with van der Waals surface area (Å²) in [5, 5.41) is 5.37. The second-order valence-electron chi connectivity index (χ2n) is 8.38. The average Bonchev–Trinajstić information content (AvgIpc) is 2.93. The van der Waals surface area contributed by atoms with Crippen molar-refractivity contribution in [2.45, 2.75) is 17.4 Å². The molecule has 0 saturated carbocycles. The minimum atomic E-state index is -4.23. The Labute approximate surface area is 231 Å². The van der Waals surface area contributed by atoms with Crippen molar-refractivity contribution in [3.63, 3.8) is 0 Å². The summed E-state index contributed by atoms with van der Waals surface area (Å²) in [6.07, 6.45) is 1.35. The molecule has 0 radical (unpaired) electrons. The molecule has 3 aromatic carbocycles. The molecule has 11 heteroatoms. The van der Waals surface area contributed by atoms with E-state index in [0.717, 1.165) is 16.7 Å². The molecule has 0 saturated heterocycles. The number of nitrogens with one attached hydrogen (secondary N) is 3. The van der Waals surface area contributed by atoms with Crippen LogP contribution in [0.5, 0.6) is 0 Å². The van der Waals surface area contributed by atoms with Gasteiger partial charge < -0.3 is 10.1 Å². The number of pyridine rings is 1. The van der Waals surface area contributed by atoms with E-state index in [0.29, 0.717) is 17.8 Å². The van der Waals surface area contributed by atoms with Crippen molar-refractivity contribution in [2.75, 3.05) is 12.4 Å². The summed E-state index contributed by atoms with van der Waals surface area (Å²) in [4.78, 5) is 28.9. The molecule has 3 amide bonds. The van der Waals surface area contributed by atoms with Crippen LogP contribution in [0.1, 0.15) is 17.3 Å². The number of nitrogens with zero attached hydrogens (tertiary/aromatic N) is 1. The van der Waals surface area contributed by atoms with Gasteiger partial charge in [-0.15, -0.1) is 0 Å². The van der Waals surface area contributed by atoms with Crippen LogP contribution in [0, 0.1) is 0 Å². The van der Waals surface area contributed by atoms with Gasteiger partial charge in [0.2, 0.25) is 0 Å². The van der Waals surface area contributed by atoms with E-state index in [2.05, 4.69) is 20.4 Å². The Kier molecular flexibility index (Phi) is 8.80. The van der Waals surface area contributed by atoms with Crippen LogP contribution >= 0.6 is 11.6 Å². The molecule has 0 aliphatic rings. The largest absolute Gasteiger partial charge is 0.453 e. The van der Waals surface area contributed by atoms with Crippen LogP contribution in [-0.2, 0) is 21.2 Å². The van der Waals surface area contributed by atoms with Gasteiger partial charge in [0.15, 0.2) is 0 Å². The molecule has 3 N–H and O–H groups in total. The third kappa shape index (κ3) is 7.13. The summed E-state index contributed by atoms with van der Waals surface area (Å²) >= 11 is 6.05. The van der Waals surface area contributed by atoms with Crippen molar-refractivity contribution in [3.8, 4) is 11.1 Å². The molecular formula is C28H25ClN4O5S. The molecule has 1 atom stereocenters. The number of aromatic nitrogens is 1. The number of rotatable bonds is 8. The van der Waals surface area contributed by atoms with E-state index in [1.54, 1.807) is 42.6 Å². The van der Waals surface area contributed by atoms with E-state index in [1.165, 1.54) is 25.3 Å². The molecule has 0 aliphatic heterocycles. The zero-order valence-electron chi connectivity index (χ0n) is 20.8. The number of sulfonamides is 1. The molecular weight excluding hydrogens is 540 g/mol. The quantitative estimate of drug-likeness (QED) is 0.257. The number of amides is 3. The third-order valence-electron chi connectivity index (χ3n) is 5.74. The van der Waals surface area contributed by atoms with Gasteiger partial charge in [-0.25, -0.2) is 22.7 Å². The van der Waals surface area contributed by atoms with Gasteiger partial charge in [-0.1, -0.05) is 72.3 Å². The molecule has 1 heterocycles. The van der Waals surface area contributed by atoms with Crippen LogP contribution in [0.15, 0.2) is 102 Å². The van der Waals surface area contributed by atoms with Crippen molar-refractivity contribution in [3.05, 3.63) is 113 Å². The fourth-order valence-corrected chi connectivity index (χ4v) is 5.37. The number of benzene rings is 3. The first-order valence-electron chi connectivity index (χ1n) is 11.8. The molecule has 39 heavy (non-hydrogen) atoms. The zero-order chi connectivity index (χ0) is 27.8.